The zero-order valence-electron chi connectivity index (χ0n) is 23.2. The van der Waals surface area contributed by atoms with Crippen LogP contribution in [-0.2, 0) is 17.8 Å². The van der Waals surface area contributed by atoms with E-state index < -0.39 is 12.5 Å². The summed E-state index contributed by atoms with van der Waals surface area (Å²) in [5.74, 6) is 0.0351. The van der Waals surface area contributed by atoms with Crippen LogP contribution in [0.2, 0.25) is 5.02 Å². The molecule has 0 saturated carbocycles. The Morgan fingerprint density at radius 2 is 1.70 bits per heavy atom. The number of nitrogens with zero attached hydrogens (tertiary/aromatic N) is 2. The van der Waals surface area contributed by atoms with Crippen LogP contribution in [0.15, 0.2) is 43.5 Å². The molecule has 37 heavy (non-hydrogen) atoms. The molecule has 0 bridgehead atoms. The van der Waals surface area contributed by atoms with Gasteiger partial charge in [0.25, 0.3) is 6.43 Å². The van der Waals surface area contributed by atoms with Crippen LogP contribution in [-0.4, -0.2) is 29.1 Å². The van der Waals surface area contributed by atoms with Crippen molar-refractivity contribution in [3.8, 4) is 11.1 Å². The Bertz CT molecular complexity index is 1240. The number of aryl methyl sites for hydroxylation is 1. The van der Waals surface area contributed by atoms with Crippen LogP contribution in [0.3, 0.4) is 0 Å². The van der Waals surface area contributed by atoms with Gasteiger partial charge in [-0.15, -0.1) is 13.2 Å². The highest BCUT2D eigenvalue weighted by molar-refractivity contribution is 8.00. The van der Waals surface area contributed by atoms with Crippen molar-refractivity contribution < 1.29 is 13.6 Å². The van der Waals surface area contributed by atoms with E-state index in [1.165, 1.54) is 11.9 Å². The molecule has 0 amide bonds. The second-order valence-electron chi connectivity index (χ2n) is 10.8. The number of carbonyl (C=O) groups excluding carboxylic acids is 1. The molecule has 0 fully saturated rings. The monoisotopic (exact) mass is 548 g/mol. The summed E-state index contributed by atoms with van der Waals surface area (Å²) in [6.07, 6.45) is -0.406. The molecule has 1 aromatic heterocycles. The SMILES string of the molecule is C=C.CC(C)(C)C.CSN1c2c(C)c(CC(C)=O)c(-c3ccc(Cl)cc3)c3cc(C)n(c23)CC1C(F)F. The minimum Gasteiger partial charge on any atom is -0.341 e. The summed E-state index contributed by atoms with van der Waals surface area (Å²) in [5, 5.41) is 1.62. The number of alkyl halides is 2. The Hall–Kier alpha value is -2.31. The van der Waals surface area contributed by atoms with Gasteiger partial charge in [0.15, 0.2) is 0 Å². The topological polar surface area (TPSA) is 25.2 Å². The summed E-state index contributed by atoms with van der Waals surface area (Å²) >= 11 is 7.41. The first-order valence-electron chi connectivity index (χ1n) is 12.3. The second kappa shape index (κ2) is 12.5. The molecule has 0 N–H and O–H groups in total. The number of anilines is 1. The number of benzene rings is 2. The van der Waals surface area contributed by atoms with Crippen molar-refractivity contribution in [2.24, 2.45) is 5.41 Å². The van der Waals surface area contributed by atoms with E-state index in [4.69, 9.17) is 11.6 Å². The smallest absolute Gasteiger partial charge is 0.261 e. The molecular weight excluding hydrogens is 510 g/mol. The van der Waals surface area contributed by atoms with Gasteiger partial charge in [-0.2, -0.15) is 0 Å². The number of hydrogen-bond donors (Lipinski definition) is 0. The van der Waals surface area contributed by atoms with Crippen molar-refractivity contribution in [3.05, 3.63) is 65.3 Å². The highest BCUT2D eigenvalue weighted by atomic mass is 35.5. The fraction of sp³-hybridized carbons (Fsp3) is 0.433. The largest absolute Gasteiger partial charge is 0.341 e. The van der Waals surface area contributed by atoms with E-state index in [9.17, 15) is 13.6 Å². The summed E-state index contributed by atoms with van der Waals surface area (Å²) in [6.45, 7) is 20.4. The summed E-state index contributed by atoms with van der Waals surface area (Å²) in [5.41, 5.74) is 6.89. The molecule has 1 unspecified atom stereocenters. The minimum atomic E-state index is -2.48. The summed E-state index contributed by atoms with van der Waals surface area (Å²) < 4.78 is 31.7. The van der Waals surface area contributed by atoms with Crippen LogP contribution >= 0.6 is 23.5 Å². The lowest BCUT2D eigenvalue weighted by atomic mass is 9.88. The molecular formula is C30H39ClF2N2OS. The number of aromatic nitrogens is 1. The van der Waals surface area contributed by atoms with Crippen LogP contribution < -0.4 is 4.31 Å². The van der Waals surface area contributed by atoms with E-state index in [1.807, 2.05) is 48.9 Å². The lowest BCUT2D eigenvalue weighted by Gasteiger charge is -2.38. The first kappa shape index (κ1) is 30.9. The number of rotatable bonds is 5. The zero-order valence-corrected chi connectivity index (χ0v) is 24.8. The van der Waals surface area contributed by atoms with Gasteiger partial charge in [0.1, 0.15) is 11.8 Å². The molecule has 3 nitrogen and oxygen atoms in total. The van der Waals surface area contributed by atoms with Gasteiger partial charge in [-0.05, 0) is 66.6 Å². The number of Topliss-reactive ketones (excluding diaryl/α,β-unsaturated/α-hetero) is 1. The van der Waals surface area contributed by atoms with Crippen LogP contribution in [0, 0.1) is 19.3 Å². The van der Waals surface area contributed by atoms with Crippen molar-refractivity contribution in [1.29, 1.82) is 0 Å². The van der Waals surface area contributed by atoms with Gasteiger partial charge in [0, 0.05) is 35.3 Å². The Labute approximate surface area is 230 Å². The van der Waals surface area contributed by atoms with E-state index in [1.54, 1.807) is 11.2 Å². The predicted octanol–water partition coefficient (Wildman–Crippen LogP) is 9.30. The predicted molar refractivity (Wildman–Crippen MR) is 158 cm³/mol. The molecule has 2 heterocycles. The first-order valence-corrected chi connectivity index (χ1v) is 13.8. The van der Waals surface area contributed by atoms with Crippen molar-refractivity contribution in [2.75, 3.05) is 10.6 Å². The number of carbonyl (C=O) groups is 1. The molecule has 4 rings (SSSR count). The molecule has 3 aromatic rings. The second-order valence-corrected chi connectivity index (χ2v) is 12.0. The fourth-order valence-electron chi connectivity index (χ4n) is 4.55. The molecule has 1 atom stereocenters. The van der Waals surface area contributed by atoms with E-state index >= 15 is 0 Å². The molecule has 1 aliphatic heterocycles. The van der Waals surface area contributed by atoms with Crippen LogP contribution in [0.25, 0.3) is 22.0 Å². The fourth-order valence-corrected chi connectivity index (χ4v) is 5.51. The Kier molecular flexibility index (Phi) is 10.4. The molecule has 7 heteroatoms. The quantitative estimate of drug-likeness (QED) is 0.234. The molecule has 0 radical (unpaired) electrons. The Morgan fingerprint density at radius 3 is 2.16 bits per heavy atom. The average molecular weight is 549 g/mol. The number of ketones is 1. The molecule has 1 aliphatic rings. The standard InChI is InChI=1S/C23H23ClF2N2OS.C5H12.C2H4/c1-12-9-18-20(15-5-7-16(24)8-6-15)17(10-13(2)29)14(3)21-22(18)27(12)11-19(23(25)26)28(21)30-4;1-5(2,3)4;1-2/h5-9,19,23H,10-11H2,1-4H3;1-4H3;1-2H2. The van der Waals surface area contributed by atoms with Crippen LogP contribution in [0.1, 0.15) is 51.4 Å². The van der Waals surface area contributed by atoms with Gasteiger partial charge in [-0.25, -0.2) is 8.78 Å². The lowest BCUT2D eigenvalue weighted by Crippen LogP contribution is -2.42. The van der Waals surface area contributed by atoms with Gasteiger partial charge in [0.05, 0.1) is 11.2 Å². The highest BCUT2D eigenvalue weighted by Gasteiger charge is 2.37. The number of hydrogen-bond acceptors (Lipinski definition) is 3. The highest BCUT2D eigenvalue weighted by Crippen LogP contribution is 2.48. The molecule has 0 spiro atoms. The average Bonchev–Trinajstić information content (AvgIpc) is 3.13. The van der Waals surface area contributed by atoms with Crippen LogP contribution in [0.5, 0.6) is 0 Å². The summed E-state index contributed by atoms with van der Waals surface area (Å²) in [7, 11) is 0. The minimum absolute atomic E-state index is 0.0351. The summed E-state index contributed by atoms with van der Waals surface area (Å²) in [4.78, 5) is 12.2. The summed E-state index contributed by atoms with van der Waals surface area (Å²) in [6, 6.07) is 8.70. The maximum atomic E-state index is 14.0. The lowest BCUT2D eigenvalue weighted by molar-refractivity contribution is -0.116. The van der Waals surface area contributed by atoms with Gasteiger partial charge in [-0.3, -0.25) is 4.79 Å². The molecule has 0 saturated heterocycles. The van der Waals surface area contributed by atoms with Crippen molar-refractivity contribution in [2.45, 2.75) is 73.9 Å². The van der Waals surface area contributed by atoms with Crippen LogP contribution in [0.4, 0.5) is 14.5 Å². The third kappa shape index (κ3) is 6.97. The van der Waals surface area contributed by atoms with Crippen molar-refractivity contribution >= 4 is 45.9 Å². The van der Waals surface area contributed by atoms with Crippen molar-refractivity contribution in [3.63, 3.8) is 0 Å². The Balaban J connectivity index is 0.000000617. The van der Waals surface area contributed by atoms with Gasteiger partial charge < -0.3 is 8.87 Å². The zero-order chi connectivity index (χ0) is 28.2. The molecule has 0 aliphatic carbocycles. The van der Waals surface area contributed by atoms with E-state index in [0.717, 1.165) is 44.5 Å². The maximum absolute atomic E-state index is 14.0. The number of halogens is 3. The van der Waals surface area contributed by atoms with E-state index in [2.05, 4.69) is 46.9 Å². The molecule has 2 aromatic carbocycles. The van der Waals surface area contributed by atoms with Gasteiger partial charge in [-0.1, -0.05) is 63.4 Å². The Morgan fingerprint density at radius 1 is 1.16 bits per heavy atom. The van der Waals surface area contributed by atoms with Gasteiger partial charge in [0.2, 0.25) is 0 Å². The van der Waals surface area contributed by atoms with Gasteiger partial charge >= 0.3 is 0 Å². The maximum Gasteiger partial charge on any atom is 0.261 e. The van der Waals surface area contributed by atoms with E-state index in [-0.39, 0.29) is 18.7 Å². The van der Waals surface area contributed by atoms with Crippen molar-refractivity contribution in [1.82, 2.24) is 4.57 Å². The first-order chi connectivity index (χ1) is 17.2. The third-order valence-electron chi connectivity index (χ3n) is 5.84. The normalized spacial score (nSPS) is 14.7. The van der Waals surface area contributed by atoms with E-state index in [0.29, 0.717) is 10.4 Å². The molecule has 202 valence electrons. The third-order valence-corrected chi connectivity index (χ3v) is 6.94.